The first kappa shape index (κ1) is 14.4. The molecule has 1 saturated heterocycles. The predicted octanol–water partition coefficient (Wildman–Crippen LogP) is 3.11. The van der Waals surface area contributed by atoms with E-state index in [0.717, 1.165) is 36.9 Å². The van der Waals surface area contributed by atoms with Crippen molar-refractivity contribution in [1.29, 1.82) is 0 Å². The van der Waals surface area contributed by atoms with Crippen LogP contribution in [0.4, 0.5) is 4.39 Å². The summed E-state index contributed by atoms with van der Waals surface area (Å²) in [5.41, 5.74) is 1.76. The van der Waals surface area contributed by atoms with E-state index in [9.17, 15) is 9.50 Å². The maximum atomic E-state index is 13.9. The minimum absolute atomic E-state index is 0.183. The minimum atomic E-state index is -0.343. The molecule has 0 aliphatic carbocycles. The smallest absolute Gasteiger partial charge is 0.132 e. The molecule has 0 radical (unpaired) electrons. The Balaban J connectivity index is 1.92. The highest BCUT2D eigenvalue weighted by molar-refractivity contribution is 5.82. The summed E-state index contributed by atoms with van der Waals surface area (Å²) in [5, 5.41) is 10.5. The first-order valence-corrected chi connectivity index (χ1v) is 7.61. The molecular weight excluding hydrogens is 267 g/mol. The summed E-state index contributed by atoms with van der Waals surface area (Å²) in [6, 6.07) is 7.04. The van der Waals surface area contributed by atoms with E-state index in [0.29, 0.717) is 11.9 Å². The number of piperidine rings is 1. The van der Waals surface area contributed by atoms with E-state index in [1.165, 1.54) is 6.07 Å². The van der Waals surface area contributed by atoms with Crippen LogP contribution in [0.1, 0.15) is 31.7 Å². The largest absolute Gasteiger partial charge is 0.392 e. The van der Waals surface area contributed by atoms with E-state index >= 15 is 0 Å². The van der Waals surface area contributed by atoms with Gasteiger partial charge in [-0.05, 0) is 50.1 Å². The van der Waals surface area contributed by atoms with E-state index in [-0.39, 0.29) is 18.0 Å². The second-order valence-corrected chi connectivity index (χ2v) is 5.88. The molecule has 1 aliphatic heterocycles. The van der Waals surface area contributed by atoms with Crippen molar-refractivity contribution in [3.8, 4) is 0 Å². The Morgan fingerprint density at radius 3 is 3.05 bits per heavy atom. The van der Waals surface area contributed by atoms with Crippen LogP contribution in [0.3, 0.4) is 0 Å². The second-order valence-electron chi connectivity index (χ2n) is 5.88. The van der Waals surface area contributed by atoms with Crippen LogP contribution in [0.2, 0.25) is 0 Å². The molecule has 1 aromatic carbocycles. The fourth-order valence-electron chi connectivity index (χ4n) is 3.30. The van der Waals surface area contributed by atoms with Gasteiger partial charge < -0.3 is 5.11 Å². The summed E-state index contributed by atoms with van der Waals surface area (Å²) in [6.45, 7) is 3.54. The Morgan fingerprint density at radius 2 is 2.24 bits per heavy atom. The molecule has 1 aliphatic rings. The fourth-order valence-corrected chi connectivity index (χ4v) is 3.30. The van der Waals surface area contributed by atoms with Gasteiger partial charge in [-0.2, -0.15) is 0 Å². The molecule has 3 rings (SSSR count). The molecule has 2 aromatic rings. The molecule has 1 fully saturated rings. The van der Waals surface area contributed by atoms with Crippen LogP contribution in [0, 0.1) is 5.82 Å². The van der Waals surface area contributed by atoms with Crippen molar-refractivity contribution < 1.29 is 9.50 Å². The molecule has 0 saturated carbocycles. The summed E-state index contributed by atoms with van der Waals surface area (Å²) < 4.78 is 13.9. The maximum absolute atomic E-state index is 13.9. The standard InChI is InChI=1S/C17H21FN2O/c1-12(21)16-6-2-3-10-20(16)11-13-7-8-15(18)14-5-4-9-19-17(13)14/h4-5,7-9,12,16,21H,2-3,6,10-11H2,1H3/t12-,16-/m0/s1. The van der Waals surface area contributed by atoms with Gasteiger partial charge in [0.25, 0.3) is 0 Å². The van der Waals surface area contributed by atoms with Crippen LogP contribution in [0.25, 0.3) is 10.9 Å². The van der Waals surface area contributed by atoms with Gasteiger partial charge in [0.05, 0.1) is 11.6 Å². The first-order chi connectivity index (χ1) is 10.2. The number of fused-ring (bicyclic) bond motifs is 1. The van der Waals surface area contributed by atoms with Gasteiger partial charge in [0.15, 0.2) is 0 Å². The molecule has 0 spiro atoms. The van der Waals surface area contributed by atoms with E-state index in [2.05, 4.69) is 9.88 Å². The summed E-state index contributed by atoms with van der Waals surface area (Å²) in [4.78, 5) is 6.65. The highest BCUT2D eigenvalue weighted by atomic mass is 19.1. The number of nitrogens with zero attached hydrogens (tertiary/aromatic N) is 2. The van der Waals surface area contributed by atoms with Crippen molar-refractivity contribution in [2.75, 3.05) is 6.54 Å². The monoisotopic (exact) mass is 288 g/mol. The highest BCUT2D eigenvalue weighted by Gasteiger charge is 2.26. The maximum Gasteiger partial charge on any atom is 0.132 e. The number of rotatable bonds is 3. The number of aromatic nitrogens is 1. The number of likely N-dealkylation sites (tertiary alicyclic amines) is 1. The average Bonchev–Trinajstić information content (AvgIpc) is 2.51. The summed E-state index contributed by atoms with van der Waals surface area (Å²) in [7, 11) is 0. The summed E-state index contributed by atoms with van der Waals surface area (Å²) in [6.07, 6.45) is 4.69. The minimum Gasteiger partial charge on any atom is -0.392 e. The van der Waals surface area contributed by atoms with Gasteiger partial charge in [0, 0.05) is 24.2 Å². The first-order valence-electron chi connectivity index (χ1n) is 7.61. The lowest BCUT2D eigenvalue weighted by molar-refractivity contribution is 0.0319. The van der Waals surface area contributed by atoms with Gasteiger partial charge in [-0.25, -0.2) is 4.39 Å². The predicted molar refractivity (Wildman–Crippen MR) is 81.4 cm³/mol. The van der Waals surface area contributed by atoms with Gasteiger partial charge in [0.2, 0.25) is 0 Å². The van der Waals surface area contributed by atoms with Gasteiger partial charge in [-0.1, -0.05) is 12.5 Å². The van der Waals surface area contributed by atoms with Crippen molar-refractivity contribution in [2.24, 2.45) is 0 Å². The summed E-state index contributed by atoms with van der Waals surface area (Å²) >= 11 is 0. The van der Waals surface area contributed by atoms with Crippen LogP contribution < -0.4 is 0 Å². The molecular formula is C17H21FN2O. The van der Waals surface area contributed by atoms with Crippen LogP contribution >= 0.6 is 0 Å². The van der Waals surface area contributed by atoms with Gasteiger partial charge in [0.1, 0.15) is 5.82 Å². The third-order valence-electron chi connectivity index (χ3n) is 4.39. The molecule has 3 nitrogen and oxygen atoms in total. The molecule has 21 heavy (non-hydrogen) atoms. The SMILES string of the molecule is C[C@H](O)[C@@H]1CCCCN1Cc1ccc(F)c2cccnc12. The van der Waals surface area contributed by atoms with Crippen molar-refractivity contribution in [1.82, 2.24) is 9.88 Å². The third-order valence-corrected chi connectivity index (χ3v) is 4.39. The van der Waals surface area contributed by atoms with E-state index in [1.807, 2.05) is 13.0 Å². The quantitative estimate of drug-likeness (QED) is 0.942. The zero-order chi connectivity index (χ0) is 14.8. The van der Waals surface area contributed by atoms with Crippen LogP contribution in [0.15, 0.2) is 30.5 Å². The Kier molecular flexibility index (Phi) is 4.17. The van der Waals surface area contributed by atoms with E-state index < -0.39 is 0 Å². The van der Waals surface area contributed by atoms with Crippen LogP contribution in [-0.2, 0) is 6.54 Å². The van der Waals surface area contributed by atoms with Crippen LogP contribution in [0.5, 0.6) is 0 Å². The number of aliphatic hydroxyl groups is 1. The number of hydrogen-bond acceptors (Lipinski definition) is 3. The van der Waals surface area contributed by atoms with E-state index in [1.54, 1.807) is 18.3 Å². The normalized spacial score (nSPS) is 21.6. The van der Waals surface area contributed by atoms with Crippen molar-refractivity contribution >= 4 is 10.9 Å². The topological polar surface area (TPSA) is 36.4 Å². The van der Waals surface area contributed by atoms with Gasteiger partial charge in [-0.3, -0.25) is 9.88 Å². The number of halogens is 1. The average molecular weight is 288 g/mol. The number of hydrogen-bond donors (Lipinski definition) is 1. The lowest BCUT2D eigenvalue weighted by atomic mass is 9.97. The molecule has 2 heterocycles. The van der Waals surface area contributed by atoms with Crippen molar-refractivity contribution in [3.05, 3.63) is 41.8 Å². The Morgan fingerprint density at radius 1 is 1.38 bits per heavy atom. The van der Waals surface area contributed by atoms with E-state index in [4.69, 9.17) is 0 Å². The zero-order valence-corrected chi connectivity index (χ0v) is 12.3. The molecule has 1 N–H and O–H groups in total. The molecule has 112 valence electrons. The van der Waals surface area contributed by atoms with Gasteiger partial charge in [-0.15, -0.1) is 0 Å². The van der Waals surface area contributed by atoms with Gasteiger partial charge >= 0.3 is 0 Å². The Labute approximate surface area is 124 Å². The third kappa shape index (κ3) is 2.92. The number of pyridine rings is 1. The molecule has 1 aromatic heterocycles. The molecule has 0 unspecified atom stereocenters. The lowest BCUT2D eigenvalue weighted by Gasteiger charge is -2.37. The lowest BCUT2D eigenvalue weighted by Crippen LogP contribution is -2.45. The molecule has 0 bridgehead atoms. The number of aliphatic hydroxyl groups excluding tert-OH is 1. The van der Waals surface area contributed by atoms with Crippen LogP contribution in [-0.4, -0.2) is 33.7 Å². The van der Waals surface area contributed by atoms with Crippen molar-refractivity contribution in [3.63, 3.8) is 0 Å². The summed E-state index contributed by atoms with van der Waals surface area (Å²) in [5.74, 6) is -0.229. The Bertz CT molecular complexity index is 629. The molecule has 2 atom stereocenters. The Hall–Kier alpha value is -1.52. The zero-order valence-electron chi connectivity index (χ0n) is 12.3. The molecule has 4 heteroatoms. The highest BCUT2D eigenvalue weighted by Crippen LogP contribution is 2.25. The van der Waals surface area contributed by atoms with Crippen molar-refractivity contribution in [2.45, 2.75) is 44.9 Å². The fraction of sp³-hybridized carbons (Fsp3) is 0.471. The second kappa shape index (κ2) is 6.08. The number of benzene rings is 1. The molecule has 0 amide bonds.